The molecule has 2 aliphatic rings. The van der Waals surface area contributed by atoms with Gasteiger partial charge < -0.3 is 4.90 Å². The third-order valence-corrected chi connectivity index (χ3v) is 6.86. The van der Waals surface area contributed by atoms with Gasteiger partial charge in [-0.1, -0.05) is 64.5 Å². The molecular formula is C26H17BrN4O. The van der Waals surface area contributed by atoms with E-state index in [1.54, 1.807) is 18.3 Å². The van der Waals surface area contributed by atoms with Crippen molar-refractivity contribution in [3.8, 4) is 12.1 Å². The lowest BCUT2D eigenvalue weighted by molar-refractivity contribution is 0.0951. The number of rotatable bonds is 3. The number of ketones is 1. The summed E-state index contributed by atoms with van der Waals surface area (Å²) < 4.78 is 0.886. The molecule has 154 valence electrons. The number of nitriles is 2. The Morgan fingerprint density at radius 2 is 1.72 bits per heavy atom. The molecule has 3 atom stereocenters. The highest BCUT2D eigenvalue weighted by Crippen LogP contribution is 2.55. The van der Waals surface area contributed by atoms with Crippen molar-refractivity contribution in [1.82, 2.24) is 4.98 Å². The minimum atomic E-state index is -1.45. The second kappa shape index (κ2) is 7.75. The SMILES string of the molecule is N#CC1(C#N)C(c2ccc(Br)cc2)C(C(=O)c2ccccc2)N2c3cccnc3C=CC21. The fourth-order valence-corrected chi connectivity index (χ4v) is 5.20. The minimum absolute atomic E-state index is 0.124. The fraction of sp³-hybridized carbons (Fsp3) is 0.154. The smallest absolute Gasteiger partial charge is 0.185 e. The van der Waals surface area contributed by atoms with Gasteiger partial charge >= 0.3 is 0 Å². The lowest BCUT2D eigenvalue weighted by Crippen LogP contribution is -2.44. The molecule has 2 aliphatic heterocycles. The Kier molecular flexibility index (Phi) is 4.89. The van der Waals surface area contributed by atoms with Crippen molar-refractivity contribution in [2.75, 3.05) is 4.90 Å². The predicted molar refractivity (Wildman–Crippen MR) is 125 cm³/mol. The quantitative estimate of drug-likeness (QED) is 0.485. The number of benzene rings is 2. The summed E-state index contributed by atoms with van der Waals surface area (Å²) in [4.78, 5) is 20.3. The molecule has 0 saturated carbocycles. The average Bonchev–Trinajstić information content (AvgIpc) is 3.15. The molecule has 0 aliphatic carbocycles. The predicted octanol–water partition coefficient (Wildman–Crippen LogP) is 5.13. The maximum Gasteiger partial charge on any atom is 0.185 e. The maximum absolute atomic E-state index is 14.0. The molecule has 32 heavy (non-hydrogen) atoms. The number of carbonyl (C=O) groups excluding carboxylic acids is 1. The fourth-order valence-electron chi connectivity index (χ4n) is 4.93. The van der Waals surface area contributed by atoms with E-state index in [0.717, 1.165) is 21.4 Å². The van der Waals surface area contributed by atoms with Crippen LogP contribution in [0.15, 0.2) is 83.5 Å². The summed E-state index contributed by atoms with van der Waals surface area (Å²) in [5.74, 6) is -0.778. The highest BCUT2D eigenvalue weighted by atomic mass is 79.9. The van der Waals surface area contributed by atoms with Crippen LogP contribution >= 0.6 is 15.9 Å². The van der Waals surface area contributed by atoms with E-state index >= 15 is 0 Å². The molecule has 0 N–H and O–H groups in total. The normalized spacial score (nSPS) is 22.3. The summed E-state index contributed by atoms with van der Waals surface area (Å²) in [5, 5.41) is 20.8. The molecule has 1 fully saturated rings. The number of nitrogens with zero attached hydrogens (tertiary/aromatic N) is 4. The van der Waals surface area contributed by atoms with Gasteiger partial charge in [0.05, 0.1) is 29.6 Å². The van der Waals surface area contributed by atoms with E-state index in [9.17, 15) is 15.3 Å². The standard InChI is InChI=1S/C26H17BrN4O/c27-19-10-8-17(9-11-19)23-24(25(32)18-5-2-1-3-6-18)31-21-7-4-14-30-20(21)12-13-22(31)26(23,15-28)16-29/h1-14,22-24H. The Hall–Kier alpha value is -3.74. The molecule has 0 bridgehead atoms. The third kappa shape index (κ3) is 2.88. The van der Waals surface area contributed by atoms with Gasteiger partial charge in [0.15, 0.2) is 11.2 Å². The summed E-state index contributed by atoms with van der Waals surface area (Å²) in [6.07, 6.45) is 5.38. The van der Waals surface area contributed by atoms with Crippen LogP contribution in [0.3, 0.4) is 0 Å². The van der Waals surface area contributed by atoms with E-state index in [1.807, 2.05) is 71.6 Å². The molecule has 3 unspecified atom stereocenters. The Labute approximate surface area is 194 Å². The first-order valence-electron chi connectivity index (χ1n) is 10.2. The molecular weight excluding hydrogens is 464 g/mol. The summed E-state index contributed by atoms with van der Waals surface area (Å²) >= 11 is 3.45. The number of carbonyl (C=O) groups is 1. The van der Waals surface area contributed by atoms with E-state index in [-0.39, 0.29) is 5.78 Å². The summed E-state index contributed by atoms with van der Waals surface area (Å²) in [6, 6.07) is 23.6. The van der Waals surface area contributed by atoms with Crippen LogP contribution in [0.5, 0.6) is 0 Å². The zero-order valence-electron chi connectivity index (χ0n) is 16.9. The second-order valence-electron chi connectivity index (χ2n) is 7.92. The monoisotopic (exact) mass is 480 g/mol. The second-order valence-corrected chi connectivity index (χ2v) is 8.83. The Balaban J connectivity index is 1.79. The number of Topliss-reactive ketones (excluding diaryl/α,β-unsaturated/α-hetero) is 1. The highest BCUT2D eigenvalue weighted by molar-refractivity contribution is 9.10. The first-order chi connectivity index (χ1) is 15.6. The van der Waals surface area contributed by atoms with E-state index in [0.29, 0.717) is 5.56 Å². The molecule has 3 heterocycles. The van der Waals surface area contributed by atoms with Gasteiger partial charge in [-0.05, 0) is 35.9 Å². The van der Waals surface area contributed by atoms with Crippen molar-refractivity contribution in [3.05, 3.63) is 100 Å². The zero-order chi connectivity index (χ0) is 22.3. The number of halogens is 1. The number of aromatic nitrogens is 1. The lowest BCUT2D eigenvalue weighted by Gasteiger charge is -2.34. The number of pyridine rings is 1. The maximum atomic E-state index is 14.0. The molecule has 5 rings (SSSR count). The molecule has 0 spiro atoms. The molecule has 3 aromatic rings. The topological polar surface area (TPSA) is 80.8 Å². The van der Waals surface area contributed by atoms with Crippen LogP contribution in [0.25, 0.3) is 6.08 Å². The molecule has 0 amide bonds. The van der Waals surface area contributed by atoms with Crippen molar-refractivity contribution in [2.45, 2.75) is 18.0 Å². The Bertz CT molecular complexity index is 1290. The van der Waals surface area contributed by atoms with Gasteiger partial charge in [0, 0.05) is 22.2 Å². The molecule has 1 aromatic heterocycles. The van der Waals surface area contributed by atoms with Gasteiger partial charge in [0.1, 0.15) is 6.04 Å². The Morgan fingerprint density at radius 3 is 2.41 bits per heavy atom. The number of fused-ring (bicyclic) bond motifs is 3. The molecule has 0 radical (unpaired) electrons. The van der Waals surface area contributed by atoms with Crippen LogP contribution in [0, 0.1) is 28.1 Å². The first kappa shape index (κ1) is 20.2. The van der Waals surface area contributed by atoms with E-state index < -0.39 is 23.4 Å². The lowest BCUT2D eigenvalue weighted by atomic mass is 9.69. The largest absolute Gasteiger partial charge is 0.349 e. The van der Waals surface area contributed by atoms with Gasteiger partial charge in [-0.15, -0.1) is 0 Å². The van der Waals surface area contributed by atoms with E-state index in [1.165, 1.54) is 0 Å². The van der Waals surface area contributed by atoms with Crippen LogP contribution < -0.4 is 4.90 Å². The molecule has 6 heteroatoms. The zero-order valence-corrected chi connectivity index (χ0v) is 18.5. The molecule has 2 aromatic carbocycles. The highest BCUT2D eigenvalue weighted by Gasteiger charge is 2.63. The summed E-state index contributed by atoms with van der Waals surface area (Å²) in [6.45, 7) is 0. The van der Waals surface area contributed by atoms with Crippen LogP contribution in [-0.4, -0.2) is 22.9 Å². The summed E-state index contributed by atoms with van der Waals surface area (Å²) in [5.41, 5.74) is 1.34. The van der Waals surface area contributed by atoms with Crippen molar-refractivity contribution in [3.63, 3.8) is 0 Å². The Morgan fingerprint density at radius 1 is 1.00 bits per heavy atom. The van der Waals surface area contributed by atoms with Gasteiger partial charge in [-0.3, -0.25) is 9.78 Å². The molecule has 1 saturated heterocycles. The first-order valence-corrected chi connectivity index (χ1v) is 11.0. The van der Waals surface area contributed by atoms with Gasteiger partial charge in [0.2, 0.25) is 0 Å². The van der Waals surface area contributed by atoms with Gasteiger partial charge in [0.25, 0.3) is 0 Å². The van der Waals surface area contributed by atoms with Crippen LogP contribution in [0.4, 0.5) is 5.69 Å². The van der Waals surface area contributed by atoms with Crippen molar-refractivity contribution >= 4 is 33.5 Å². The number of hydrogen-bond donors (Lipinski definition) is 0. The number of anilines is 1. The summed E-state index contributed by atoms with van der Waals surface area (Å²) in [7, 11) is 0. The van der Waals surface area contributed by atoms with Crippen LogP contribution in [0.2, 0.25) is 0 Å². The van der Waals surface area contributed by atoms with Crippen molar-refractivity contribution < 1.29 is 4.79 Å². The van der Waals surface area contributed by atoms with Crippen molar-refractivity contribution in [1.29, 1.82) is 10.5 Å². The van der Waals surface area contributed by atoms with E-state index in [4.69, 9.17) is 0 Å². The van der Waals surface area contributed by atoms with Gasteiger partial charge in [-0.25, -0.2) is 0 Å². The minimum Gasteiger partial charge on any atom is -0.349 e. The number of hydrogen-bond acceptors (Lipinski definition) is 5. The van der Waals surface area contributed by atoms with Gasteiger partial charge in [-0.2, -0.15) is 10.5 Å². The van der Waals surface area contributed by atoms with E-state index in [2.05, 4.69) is 33.1 Å². The van der Waals surface area contributed by atoms with Crippen LogP contribution in [-0.2, 0) is 0 Å². The van der Waals surface area contributed by atoms with Crippen molar-refractivity contribution in [2.24, 2.45) is 5.41 Å². The molecule has 5 nitrogen and oxygen atoms in total. The van der Waals surface area contributed by atoms with Crippen LogP contribution in [0.1, 0.15) is 27.5 Å². The average molecular weight is 481 g/mol. The third-order valence-electron chi connectivity index (χ3n) is 6.33.